The van der Waals surface area contributed by atoms with Gasteiger partial charge in [-0.15, -0.1) is 0 Å². The van der Waals surface area contributed by atoms with Gasteiger partial charge in [0.15, 0.2) is 6.61 Å². The minimum atomic E-state index is -0.754. The molecule has 3 rings (SSSR count). The fraction of sp³-hybridized carbons (Fsp3) is 0.130. The van der Waals surface area contributed by atoms with E-state index in [1.165, 1.54) is 19.4 Å². The Morgan fingerprint density at radius 1 is 0.903 bits per heavy atom. The van der Waals surface area contributed by atoms with Gasteiger partial charge in [-0.3, -0.25) is 14.9 Å². The van der Waals surface area contributed by atoms with Crippen molar-refractivity contribution in [2.45, 2.75) is 6.42 Å². The number of benzene rings is 2. The van der Waals surface area contributed by atoms with Gasteiger partial charge in [0.2, 0.25) is 5.91 Å². The molecule has 2 amide bonds. The maximum absolute atomic E-state index is 12.5. The Morgan fingerprint density at radius 2 is 1.65 bits per heavy atom. The monoisotopic (exact) mass is 419 g/mol. The summed E-state index contributed by atoms with van der Waals surface area (Å²) in [5.41, 5.74) is 1.52. The zero-order valence-electron chi connectivity index (χ0n) is 16.8. The minimum Gasteiger partial charge on any atom is -0.495 e. The first-order valence-electron chi connectivity index (χ1n) is 9.45. The second kappa shape index (κ2) is 10.5. The zero-order valence-corrected chi connectivity index (χ0v) is 16.8. The van der Waals surface area contributed by atoms with E-state index in [0.29, 0.717) is 11.4 Å². The largest absolute Gasteiger partial charge is 0.495 e. The number of nitrogens with zero attached hydrogens (tertiary/aromatic N) is 1. The lowest BCUT2D eigenvalue weighted by atomic mass is 10.1. The first kappa shape index (κ1) is 21.5. The second-order valence-corrected chi connectivity index (χ2v) is 6.43. The van der Waals surface area contributed by atoms with Crippen molar-refractivity contribution in [2.75, 3.05) is 19.0 Å². The number of hydrogen-bond donors (Lipinski definition) is 2. The van der Waals surface area contributed by atoms with E-state index in [2.05, 4.69) is 15.6 Å². The highest BCUT2D eigenvalue weighted by molar-refractivity contribution is 5.99. The van der Waals surface area contributed by atoms with E-state index in [1.807, 2.05) is 18.2 Å². The third-order valence-electron chi connectivity index (χ3n) is 4.21. The summed E-state index contributed by atoms with van der Waals surface area (Å²) in [5.74, 6) is -1.12. The molecule has 3 aromatic rings. The maximum atomic E-state index is 12.5. The first-order chi connectivity index (χ1) is 15.1. The van der Waals surface area contributed by atoms with Gasteiger partial charge in [0.05, 0.1) is 19.2 Å². The SMILES string of the molecule is COc1ccccc1Nc1ncccc1C(=O)OCC(=O)NC(=O)Cc1ccccc1. The highest BCUT2D eigenvalue weighted by Gasteiger charge is 2.17. The molecule has 0 unspecified atom stereocenters. The molecule has 8 nitrogen and oxygen atoms in total. The van der Waals surface area contributed by atoms with Gasteiger partial charge in [0.25, 0.3) is 5.91 Å². The standard InChI is InChI=1S/C23H21N3O5/c1-30-19-12-6-5-11-18(19)25-22-17(10-7-13-24-22)23(29)31-15-21(28)26-20(27)14-16-8-3-2-4-9-16/h2-13H,14-15H2,1H3,(H,24,25)(H,26,27,28). The van der Waals surface area contributed by atoms with Crippen molar-refractivity contribution in [3.63, 3.8) is 0 Å². The number of ether oxygens (including phenoxy) is 2. The van der Waals surface area contributed by atoms with Crippen LogP contribution in [0.25, 0.3) is 0 Å². The van der Waals surface area contributed by atoms with Crippen molar-refractivity contribution in [1.82, 2.24) is 10.3 Å². The quantitative estimate of drug-likeness (QED) is 0.541. The van der Waals surface area contributed by atoms with Gasteiger partial charge in [-0.25, -0.2) is 9.78 Å². The molecule has 0 aliphatic heterocycles. The Kier molecular flexibility index (Phi) is 7.31. The molecule has 1 aromatic heterocycles. The van der Waals surface area contributed by atoms with Gasteiger partial charge >= 0.3 is 5.97 Å². The molecule has 8 heteroatoms. The number of amides is 2. The average Bonchev–Trinajstić information content (AvgIpc) is 2.79. The number of imide groups is 1. The normalized spacial score (nSPS) is 10.1. The van der Waals surface area contributed by atoms with E-state index in [-0.39, 0.29) is 17.8 Å². The van der Waals surface area contributed by atoms with Crippen molar-refractivity contribution >= 4 is 29.3 Å². The lowest BCUT2D eigenvalue weighted by Crippen LogP contribution is -2.35. The Hall–Kier alpha value is -4.20. The summed E-state index contributed by atoms with van der Waals surface area (Å²) >= 11 is 0. The molecule has 2 N–H and O–H groups in total. The molecular formula is C23H21N3O5. The Balaban J connectivity index is 1.58. The predicted octanol–water partition coefficient (Wildman–Crippen LogP) is 2.88. The second-order valence-electron chi connectivity index (χ2n) is 6.43. The molecule has 1 heterocycles. The fourth-order valence-electron chi connectivity index (χ4n) is 2.77. The highest BCUT2D eigenvalue weighted by Crippen LogP contribution is 2.27. The van der Waals surface area contributed by atoms with Crippen molar-refractivity contribution in [3.8, 4) is 5.75 Å². The molecule has 0 radical (unpaired) electrons. The Bertz CT molecular complexity index is 1070. The Labute approximate surface area is 179 Å². The van der Waals surface area contributed by atoms with Crippen LogP contribution in [0, 0.1) is 0 Å². The molecule has 31 heavy (non-hydrogen) atoms. The topological polar surface area (TPSA) is 107 Å². The summed E-state index contributed by atoms with van der Waals surface area (Å²) in [6, 6.07) is 19.3. The van der Waals surface area contributed by atoms with Gasteiger partial charge < -0.3 is 14.8 Å². The number of esters is 1. The fourth-order valence-corrected chi connectivity index (χ4v) is 2.77. The van der Waals surface area contributed by atoms with Gasteiger partial charge in [0, 0.05) is 6.20 Å². The van der Waals surface area contributed by atoms with E-state index < -0.39 is 24.4 Å². The number of anilines is 2. The van der Waals surface area contributed by atoms with Crippen LogP contribution >= 0.6 is 0 Å². The number of nitrogens with one attached hydrogen (secondary N) is 2. The summed E-state index contributed by atoms with van der Waals surface area (Å²) < 4.78 is 10.3. The molecule has 0 aliphatic rings. The van der Waals surface area contributed by atoms with Crippen LogP contribution in [0.15, 0.2) is 72.9 Å². The molecule has 0 aliphatic carbocycles. The van der Waals surface area contributed by atoms with E-state index in [4.69, 9.17) is 9.47 Å². The third kappa shape index (κ3) is 6.14. The first-order valence-corrected chi connectivity index (χ1v) is 9.45. The third-order valence-corrected chi connectivity index (χ3v) is 4.21. The van der Waals surface area contributed by atoms with Crippen LogP contribution in [-0.4, -0.2) is 36.5 Å². The highest BCUT2D eigenvalue weighted by atomic mass is 16.5. The van der Waals surface area contributed by atoms with Crippen molar-refractivity contribution in [2.24, 2.45) is 0 Å². The number of aromatic nitrogens is 1. The number of methoxy groups -OCH3 is 1. The smallest absolute Gasteiger partial charge is 0.342 e. The van der Waals surface area contributed by atoms with E-state index in [9.17, 15) is 14.4 Å². The molecule has 0 fully saturated rings. The minimum absolute atomic E-state index is 0.0517. The maximum Gasteiger partial charge on any atom is 0.342 e. The van der Waals surface area contributed by atoms with Gasteiger partial charge in [-0.05, 0) is 29.8 Å². The number of carbonyl (C=O) groups excluding carboxylic acids is 3. The van der Waals surface area contributed by atoms with Crippen LogP contribution in [0.4, 0.5) is 11.5 Å². The van der Waals surface area contributed by atoms with Crippen LogP contribution in [-0.2, 0) is 20.7 Å². The molecule has 0 saturated carbocycles. The molecule has 0 spiro atoms. The molecule has 2 aromatic carbocycles. The summed E-state index contributed by atoms with van der Waals surface area (Å²) in [5, 5.41) is 5.23. The molecule has 158 valence electrons. The summed E-state index contributed by atoms with van der Waals surface area (Å²) in [4.78, 5) is 40.6. The number of hydrogen-bond acceptors (Lipinski definition) is 7. The van der Waals surface area contributed by atoms with Gasteiger partial charge in [0.1, 0.15) is 17.1 Å². The van der Waals surface area contributed by atoms with Gasteiger partial charge in [-0.2, -0.15) is 0 Å². The van der Waals surface area contributed by atoms with Crippen molar-refractivity contribution in [3.05, 3.63) is 84.1 Å². The number of para-hydroxylation sites is 2. The molecule has 0 bridgehead atoms. The summed E-state index contributed by atoms with van der Waals surface area (Å²) in [6.45, 7) is -0.595. The average molecular weight is 419 g/mol. The summed E-state index contributed by atoms with van der Waals surface area (Å²) in [6.07, 6.45) is 1.57. The lowest BCUT2D eigenvalue weighted by Gasteiger charge is -2.13. The van der Waals surface area contributed by atoms with Crippen LogP contribution in [0.2, 0.25) is 0 Å². The van der Waals surface area contributed by atoms with Crippen molar-refractivity contribution < 1.29 is 23.9 Å². The van der Waals surface area contributed by atoms with Crippen LogP contribution in [0.1, 0.15) is 15.9 Å². The zero-order chi connectivity index (χ0) is 22.1. The Morgan fingerprint density at radius 3 is 2.42 bits per heavy atom. The lowest BCUT2D eigenvalue weighted by molar-refractivity contribution is -0.132. The number of rotatable bonds is 8. The van der Waals surface area contributed by atoms with Crippen LogP contribution in [0.5, 0.6) is 5.75 Å². The van der Waals surface area contributed by atoms with Crippen LogP contribution < -0.4 is 15.4 Å². The molecule has 0 saturated heterocycles. The van der Waals surface area contributed by atoms with Crippen molar-refractivity contribution in [1.29, 1.82) is 0 Å². The number of pyridine rings is 1. The van der Waals surface area contributed by atoms with Gasteiger partial charge in [-0.1, -0.05) is 42.5 Å². The van der Waals surface area contributed by atoms with Crippen LogP contribution in [0.3, 0.4) is 0 Å². The predicted molar refractivity (Wildman–Crippen MR) is 114 cm³/mol. The summed E-state index contributed by atoms with van der Waals surface area (Å²) in [7, 11) is 1.53. The van der Waals surface area contributed by atoms with E-state index in [1.54, 1.807) is 42.5 Å². The molecule has 0 atom stereocenters. The van der Waals surface area contributed by atoms with E-state index in [0.717, 1.165) is 5.56 Å². The molecular weight excluding hydrogens is 398 g/mol. The number of carbonyl (C=O) groups is 3. The van der Waals surface area contributed by atoms with E-state index >= 15 is 0 Å².